The first-order valence-electron chi connectivity index (χ1n) is 6.03. The van der Waals surface area contributed by atoms with Gasteiger partial charge >= 0.3 is 0 Å². The molecular weight excluding hydrogens is 266 g/mol. The average molecular weight is 283 g/mol. The third-order valence-corrected chi connectivity index (χ3v) is 2.86. The number of pyridine rings is 1. The highest BCUT2D eigenvalue weighted by Crippen LogP contribution is 2.18. The molecule has 0 bridgehead atoms. The van der Waals surface area contributed by atoms with E-state index in [1.807, 2.05) is 13.8 Å². The lowest BCUT2D eigenvalue weighted by atomic mass is 9.89. The molecule has 0 saturated heterocycles. The number of aromatic amines is 1. The molecule has 1 aromatic rings. The minimum atomic E-state index is -0.692. The van der Waals surface area contributed by atoms with Crippen molar-refractivity contribution in [2.75, 3.05) is 13.2 Å². The number of carbonyl (C=O) groups is 1. The Morgan fingerprint density at radius 1 is 1.55 bits per heavy atom. The first-order chi connectivity index (χ1) is 9.26. The Kier molecular flexibility index (Phi) is 4.98. The lowest BCUT2D eigenvalue weighted by Gasteiger charge is -2.23. The third-order valence-electron chi connectivity index (χ3n) is 2.86. The number of nitrogens with one attached hydrogen (secondary N) is 2. The molecule has 0 spiro atoms. The molecule has 0 aromatic carbocycles. The maximum atomic E-state index is 11.9. The Bertz CT molecular complexity index is 564. The molecule has 8 nitrogen and oxygen atoms in total. The second-order valence-electron chi connectivity index (χ2n) is 5.18. The van der Waals surface area contributed by atoms with Gasteiger partial charge in [0.15, 0.2) is 0 Å². The third kappa shape index (κ3) is 4.16. The minimum Gasteiger partial charge on any atom is -0.396 e. The number of aliphatic hydroxyl groups excluding tert-OH is 1. The summed E-state index contributed by atoms with van der Waals surface area (Å²) in [5, 5.41) is 22.0. The Morgan fingerprint density at radius 3 is 2.75 bits per heavy atom. The van der Waals surface area contributed by atoms with E-state index in [0.717, 1.165) is 12.3 Å². The van der Waals surface area contributed by atoms with Gasteiger partial charge in [-0.1, -0.05) is 13.8 Å². The SMILES string of the molecule is CC(C)(CCO)CNC(=O)c1cc([N+](=O)[O-])c[nH]c1=O. The second-order valence-corrected chi connectivity index (χ2v) is 5.18. The zero-order valence-electron chi connectivity index (χ0n) is 11.3. The van der Waals surface area contributed by atoms with Gasteiger partial charge in [0.2, 0.25) is 0 Å². The van der Waals surface area contributed by atoms with E-state index in [9.17, 15) is 19.7 Å². The number of hydrogen-bond acceptors (Lipinski definition) is 5. The zero-order valence-corrected chi connectivity index (χ0v) is 11.3. The number of H-pyrrole nitrogens is 1. The minimum absolute atomic E-state index is 0.0136. The molecule has 3 N–H and O–H groups in total. The van der Waals surface area contributed by atoms with Crippen molar-refractivity contribution >= 4 is 11.6 Å². The molecule has 1 aromatic heterocycles. The van der Waals surface area contributed by atoms with Gasteiger partial charge in [-0.05, 0) is 11.8 Å². The summed E-state index contributed by atoms with van der Waals surface area (Å²) in [5.41, 5.74) is -1.69. The average Bonchev–Trinajstić information content (AvgIpc) is 2.36. The zero-order chi connectivity index (χ0) is 15.3. The van der Waals surface area contributed by atoms with Crippen molar-refractivity contribution in [2.24, 2.45) is 5.41 Å². The first-order valence-corrected chi connectivity index (χ1v) is 6.03. The van der Waals surface area contributed by atoms with Gasteiger partial charge in [-0.25, -0.2) is 0 Å². The largest absolute Gasteiger partial charge is 0.396 e. The van der Waals surface area contributed by atoms with E-state index in [4.69, 9.17) is 5.11 Å². The van der Waals surface area contributed by atoms with E-state index >= 15 is 0 Å². The Labute approximate surface area is 115 Å². The molecule has 0 radical (unpaired) electrons. The van der Waals surface area contributed by atoms with Crippen molar-refractivity contribution in [1.29, 1.82) is 0 Å². The maximum Gasteiger partial charge on any atom is 0.286 e. The number of nitrogens with zero attached hydrogens (tertiary/aromatic N) is 1. The summed E-state index contributed by atoms with van der Waals surface area (Å²) in [5.74, 6) is -0.680. The topological polar surface area (TPSA) is 125 Å². The van der Waals surface area contributed by atoms with E-state index < -0.39 is 16.4 Å². The number of carbonyl (C=O) groups excluding carboxylic acids is 1. The number of amides is 1. The van der Waals surface area contributed by atoms with Crippen LogP contribution in [0.2, 0.25) is 0 Å². The van der Waals surface area contributed by atoms with Gasteiger partial charge in [-0.15, -0.1) is 0 Å². The fourth-order valence-corrected chi connectivity index (χ4v) is 1.55. The van der Waals surface area contributed by atoms with E-state index in [1.54, 1.807) is 0 Å². The molecule has 20 heavy (non-hydrogen) atoms. The van der Waals surface area contributed by atoms with Crippen molar-refractivity contribution in [3.05, 3.63) is 38.3 Å². The monoisotopic (exact) mass is 283 g/mol. The summed E-state index contributed by atoms with van der Waals surface area (Å²) in [6, 6.07) is 0.938. The highest BCUT2D eigenvalue weighted by atomic mass is 16.6. The highest BCUT2D eigenvalue weighted by molar-refractivity contribution is 5.94. The highest BCUT2D eigenvalue weighted by Gasteiger charge is 2.21. The number of aliphatic hydroxyl groups is 1. The van der Waals surface area contributed by atoms with Crippen LogP contribution < -0.4 is 10.9 Å². The number of rotatable bonds is 6. The van der Waals surface area contributed by atoms with E-state index in [-0.39, 0.29) is 29.8 Å². The maximum absolute atomic E-state index is 11.9. The van der Waals surface area contributed by atoms with Gasteiger partial charge in [0, 0.05) is 19.2 Å². The van der Waals surface area contributed by atoms with Crippen LogP contribution in [0.4, 0.5) is 5.69 Å². The predicted molar refractivity (Wildman–Crippen MR) is 71.5 cm³/mol. The van der Waals surface area contributed by atoms with Crippen molar-refractivity contribution in [2.45, 2.75) is 20.3 Å². The molecule has 0 unspecified atom stereocenters. The standard InChI is InChI=1S/C12H17N3O5/c1-12(2,3-4-16)7-14-11(18)9-5-8(15(19)20)6-13-10(9)17/h5-6,16H,3-4,7H2,1-2H3,(H,13,17)(H,14,18). The number of nitro groups is 1. The van der Waals surface area contributed by atoms with Gasteiger partial charge in [-0.3, -0.25) is 19.7 Å². The molecule has 8 heteroatoms. The molecule has 0 saturated carbocycles. The molecule has 1 rings (SSSR count). The molecule has 1 amide bonds. The molecule has 110 valence electrons. The Morgan fingerprint density at radius 2 is 2.20 bits per heavy atom. The van der Waals surface area contributed by atoms with Crippen LogP contribution in [-0.2, 0) is 0 Å². The summed E-state index contributed by atoms with van der Waals surface area (Å²) in [6.07, 6.45) is 1.42. The summed E-state index contributed by atoms with van der Waals surface area (Å²) in [7, 11) is 0. The molecule has 0 aliphatic carbocycles. The summed E-state index contributed by atoms with van der Waals surface area (Å²) >= 11 is 0. The van der Waals surface area contributed by atoms with E-state index in [2.05, 4.69) is 10.3 Å². The van der Waals surface area contributed by atoms with Gasteiger partial charge in [-0.2, -0.15) is 0 Å². The lowest BCUT2D eigenvalue weighted by molar-refractivity contribution is -0.385. The summed E-state index contributed by atoms with van der Waals surface area (Å²) < 4.78 is 0. The van der Waals surface area contributed by atoms with Crippen molar-refractivity contribution in [1.82, 2.24) is 10.3 Å². The van der Waals surface area contributed by atoms with Crippen LogP contribution in [0.3, 0.4) is 0 Å². The van der Waals surface area contributed by atoms with E-state index in [0.29, 0.717) is 6.42 Å². The number of hydrogen-bond donors (Lipinski definition) is 3. The smallest absolute Gasteiger partial charge is 0.286 e. The van der Waals surface area contributed by atoms with Gasteiger partial charge in [0.1, 0.15) is 5.56 Å². The van der Waals surface area contributed by atoms with E-state index in [1.165, 1.54) is 0 Å². The lowest BCUT2D eigenvalue weighted by Crippen LogP contribution is -2.37. The molecule has 0 atom stereocenters. The van der Waals surface area contributed by atoms with Crippen LogP contribution in [0, 0.1) is 15.5 Å². The quantitative estimate of drug-likeness (QED) is 0.515. The molecular formula is C12H17N3O5. The van der Waals surface area contributed by atoms with Gasteiger partial charge in [0.25, 0.3) is 17.2 Å². The van der Waals surface area contributed by atoms with Gasteiger partial charge < -0.3 is 15.4 Å². The second kappa shape index (κ2) is 6.29. The van der Waals surface area contributed by atoms with Gasteiger partial charge in [0.05, 0.1) is 11.1 Å². The van der Waals surface area contributed by atoms with Crippen LogP contribution >= 0.6 is 0 Å². The van der Waals surface area contributed by atoms with Crippen LogP contribution in [0.25, 0.3) is 0 Å². The first kappa shape index (κ1) is 15.8. The van der Waals surface area contributed by atoms with Crippen LogP contribution in [0.15, 0.2) is 17.1 Å². The molecule has 1 heterocycles. The molecule has 0 fully saturated rings. The Hall–Kier alpha value is -2.22. The molecule has 0 aliphatic heterocycles. The van der Waals surface area contributed by atoms with Crippen LogP contribution in [-0.4, -0.2) is 34.1 Å². The predicted octanol–water partition coefficient (Wildman–Crippen LogP) is 0.421. The fourth-order valence-electron chi connectivity index (χ4n) is 1.55. The van der Waals surface area contributed by atoms with Crippen molar-refractivity contribution in [3.63, 3.8) is 0 Å². The van der Waals surface area contributed by atoms with Crippen LogP contribution in [0.1, 0.15) is 30.6 Å². The fraction of sp³-hybridized carbons (Fsp3) is 0.500. The molecule has 0 aliphatic rings. The van der Waals surface area contributed by atoms with Crippen molar-refractivity contribution in [3.8, 4) is 0 Å². The summed E-state index contributed by atoms with van der Waals surface area (Å²) in [4.78, 5) is 35.5. The Balaban J connectivity index is 2.85. The van der Waals surface area contributed by atoms with Crippen LogP contribution in [0.5, 0.6) is 0 Å². The number of aromatic nitrogens is 1. The van der Waals surface area contributed by atoms with Crippen molar-refractivity contribution < 1.29 is 14.8 Å². The normalized spacial score (nSPS) is 11.2. The summed E-state index contributed by atoms with van der Waals surface area (Å²) in [6.45, 7) is 3.93.